The maximum atomic E-state index is 12.8. The monoisotopic (exact) mass is 531 g/mol. The Morgan fingerprint density at radius 1 is 0.865 bits per heavy atom. The average molecular weight is 532 g/mol. The number of halogens is 1. The first-order valence-corrected chi connectivity index (χ1v) is 12.9. The van der Waals surface area contributed by atoms with Crippen LogP contribution in [-0.4, -0.2) is 23.8 Å². The molecule has 0 saturated heterocycles. The predicted octanol–water partition coefficient (Wildman–Crippen LogP) is 5.18. The molecule has 0 spiro atoms. The highest BCUT2D eigenvalue weighted by Gasteiger charge is 2.16. The van der Waals surface area contributed by atoms with Gasteiger partial charge in [0.15, 0.2) is 0 Å². The van der Waals surface area contributed by atoms with Crippen molar-refractivity contribution in [3.8, 4) is 0 Å². The van der Waals surface area contributed by atoms with Crippen LogP contribution >= 0.6 is 12.4 Å². The van der Waals surface area contributed by atoms with Crippen molar-refractivity contribution in [2.24, 2.45) is 5.73 Å². The van der Waals surface area contributed by atoms with Crippen LogP contribution in [0.3, 0.4) is 0 Å². The molecule has 7 nitrogen and oxygen atoms in total. The summed E-state index contributed by atoms with van der Waals surface area (Å²) in [6.45, 7) is 0.632. The lowest BCUT2D eigenvalue weighted by atomic mass is 10.1. The van der Waals surface area contributed by atoms with E-state index in [1.807, 2.05) is 48.5 Å². The van der Waals surface area contributed by atoms with Crippen molar-refractivity contribution < 1.29 is 8.42 Å². The van der Waals surface area contributed by atoms with Gasteiger partial charge in [-0.3, -0.25) is 10.1 Å². The lowest BCUT2D eigenvalue weighted by molar-refractivity contribution is 0.601. The van der Waals surface area contributed by atoms with Gasteiger partial charge in [0.2, 0.25) is 0 Å². The smallest absolute Gasteiger partial charge is 0.261 e. The minimum atomic E-state index is -3.71. The molecule has 37 heavy (non-hydrogen) atoms. The number of nitrogens with two attached hydrogens (primary N) is 1. The summed E-state index contributed by atoms with van der Waals surface area (Å²) in [5.74, 6) is 0.885. The second kappa shape index (κ2) is 10.9. The molecule has 5 aromatic rings. The molecule has 4 N–H and O–H groups in total. The molecule has 0 amide bonds. The van der Waals surface area contributed by atoms with Crippen LogP contribution in [0.15, 0.2) is 108 Å². The minimum Gasteiger partial charge on any atom is -0.384 e. The number of sulfonamides is 1. The van der Waals surface area contributed by atoms with E-state index in [4.69, 9.17) is 16.1 Å². The molecule has 5 rings (SSSR count). The first kappa shape index (κ1) is 25.9. The fourth-order valence-corrected chi connectivity index (χ4v) is 5.19. The number of nitrogens with zero attached hydrogens (tertiary/aromatic N) is 2. The molecular weight excluding hydrogens is 506 g/mol. The number of fused-ring (bicyclic) bond motifs is 1. The number of amidine groups is 1. The van der Waals surface area contributed by atoms with Crippen molar-refractivity contribution in [2.45, 2.75) is 17.9 Å². The minimum absolute atomic E-state index is 0. The van der Waals surface area contributed by atoms with E-state index in [0.29, 0.717) is 29.7 Å². The normalized spacial score (nSPS) is 11.1. The molecule has 0 aliphatic rings. The van der Waals surface area contributed by atoms with E-state index in [-0.39, 0.29) is 23.1 Å². The van der Waals surface area contributed by atoms with Gasteiger partial charge in [-0.05, 0) is 41.5 Å². The van der Waals surface area contributed by atoms with Gasteiger partial charge in [0.25, 0.3) is 10.0 Å². The highest BCUT2D eigenvalue weighted by molar-refractivity contribution is 7.92. The largest absolute Gasteiger partial charge is 0.384 e. The van der Waals surface area contributed by atoms with Crippen LogP contribution in [0.2, 0.25) is 0 Å². The maximum absolute atomic E-state index is 12.8. The molecule has 0 unspecified atom stereocenters. The van der Waals surface area contributed by atoms with E-state index in [9.17, 15) is 8.42 Å². The third kappa shape index (κ3) is 5.82. The number of rotatable bonds is 8. The maximum Gasteiger partial charge on any atom is 0.261 e. The molecule has 0 fully saturated rings. The summed E-state index contributed by atoms with van der Waals surface area (Å²) in [6, 6.07) is 31.4. The van der Waals surface area contributed by atoms with Gasteiger partial charge in [-0.2, -0.15) is 0 Å². The van der Waals surface area contributed by atoms with E-state index in [1.165, 1.54) is 0 Å². The summed E-state index contributed by atoms with van der Waals surface area (Å²) >= 11 is 0. The lowest BCUT2D eigenvalue weighted by Gasteiger charge is -2.11. The predicted molar refractivity (Wildman–Crippen MR) is 150 cm³/mol. The Morgan fingerprint density at radius 3 is 2.16 bits per heavy atom. The van der Waals surface area contributed by atoms with Crippen LogP contribution < -0.4 is 10.5 Å². The number of hydrogen-bond donors (Lipinski definition) is 3. The van der Waals surface area contributed by atoms with Crippen molar-refractivity contribution in [2.75, 3.05) is 4.72 Å². The Hall–Kier alpha value is -4.14. The van der Waals surface area contributed by atoms with Gasteiger partial charge in [-0.1, -0.05) is 72.8 Å². The molecule has 0 atom stereocenters. The molecule has 188 valence electrons. The zero-order valence-electron chi connectivity index (χ0n) is 19.8. The van der Waals surface area contributed by atoms with Crippen LogP contribution in [0.4, 0.5) is 5.69 Å². The topological polar surface area (TPSA) is 114 Å². The molecule has 1 aromatic heterocycles. The lowest BCUT2D eigenvalue weighted by Crippen LogP contribution is -2.12. The third-order valence-electron chi connectivity index (χ3n) is 5.94. The number of nitrogen functional groups attached to an aromatic ring is 1. The Morgan fingerprint density at radius 2 is 1.51 bits per heavy atom. The van der Waals surface area contributed by atoms with Crippen molar-refractivity contribution in [1.29, 1.82) is 5.41 Å². The van der Waals surface area contributed by atoms with Gasteiger partial charge in [0.1, 0.15) is 11.7 Å². The van der Waals surface area contributed by atoms with Crippen LogP contribution in [-0.2, 0) is 23.0 Å². The number of aromatic nitrogens is 2. The molecular formula is C28H26ClN5O2S. The van der Waals surface area contributed by atoms with Crippen molar-refractivity contribution in [1.82, 2.24) is 9.55 Å². The van der Waals surface area contributed by atoms with E-state index in [1.54, 1.807) is 42.5 Å². The third-order valence-corrected chi connectivity index (χ3v) is 7.34. The van der Waals surface area contributed by atoms with Gasteiger partial charge < -0.3 is 10.3 Å². The summed E-state index contributed by atoms with van der Waals surface area (Å²) in [4.78, 5) is 5.09. The zero-order valence-corrected chi connectivity index (χ0v) is 21.5. The van der Waals surface area contributed by atoms with Crippen LogP contribution in [0.5, 0.6) is 0 Å². The number of anilines is 1. The summed E-state index contributed by atoms with van der Waals surface area (Å²) in [5.41, 5.74) is 10.5. The summed E-state index contributed by atoms with van der Waals surface area (Å²) in [7, 11) is -3.71. The molecule has 0 saturated carbocycles. The number of hydrogen-bond acceptors (Lipinski definition) is 4. The molecule has 0 bridgehead atoms. The highest BCUT2D eigenvalue weighted by atomic mass is 35.5. The number of imidazole rings is 1. The molecule has 0 aliphatic carbocycles. The highest BCUT2D eigenvalue weighted by Crippen LogP contribution is 2.25. The zero-order chi connectivity index (χ0) is 25.1. The average Bonchev–Trinajstić information content (AvgIpc) is 3.21. The second-order valence-electron chi connectivity index (χ2n) is 8.51. The first-order valence-electron chi connectivity index (χ1n) is 11.4. The standard InChI is InChI=1S/C28H25N5O2S.ClH/c29-28(30)22-13-11-20(12-14-22)17-27-31-25-18-23(32-36(34,35)24-9-5-2-6-10-24)15-16-26(25)33(27)19-21-7-3-1-4-8-21;/h1-16,18,32H,17,19H2,(H3,29,30);1H. The van der Waals surface area contributed by atoms with E-state index >= 15 is 0 Å². The van der Waals surface area contributed by atoms with Crippen LogP contribution in [0.1, 0.15) is 22.5 Å². The SMILES string of the molecule is Cl.N=C(N)c1ccc(Cc2nc3cc(NS(=O)(=O)c4ccccc4)ccc3n2Cc2ccccc2)cc1. The van der Waals surface area contributed by atoms with E-state index < -0.39 is 10.0 Å². The van der Waals surface area contributed by atoms with Gasteiger partial charge >= 0.3 is 0 Å². The molecule has 0 radical (unpaired) electrons. The van der Waals surface area contributed by atoms with Gasteiger partial charge in [0, 0.05) is 18.5 Å². The van der Waals surface area contributed by atoms with Gasteiger partial charge in [0.05, 0.1) is 21.6 Å². The van der Waals surface area contributed by atoms with Crippen molar-refractivity contribution in [3.63, 3.8) is 0 Å². The Bertz CT molecular complexity index is 1640. The van der Waals surface area contributed by atoms with Crippen molar-refractivity contribution in [3.05, 3.63) is 126 Å². The van der Waals surface area contributed by atoms with E-state index in [0.717, 1.165) is 22.5 Å². The van der Waals surface area contributed by atoms with Gasteiger partial charge in [-0.25, -0.2) is 13.4 Å². The van der Waals surface area contributed by atoms with E-state index in [2.05, 4.69) is 21.4 Å². The molecule has 9 heteroatoms. The number of benzene rings is 4. The van der Waals surface area contributed by atoms with Crippen molar-refractivity contribution >= 4 is 45.0 Å². The fraction of sp³-hybridized carbons (Fsp3) is 0.0714. The van der Waals surface area contributed by atoms with Gasteiger partial charge in [-0.15, -0.1) is 12.4 Å². The Balaban J connectivity index is 0.00000320. The second-order valence-corrected chi connectivity index (χ2v) is 10.2. The van der Waals surface area contributed by atoms with Crippen LogP contribution in [0.25, 0.3) is 11.0 Å². The molecule has 0 aliphatic heterocycles. The number of nitrogens with one attached hydrogen (secondary N) is 2. The summed E-state index contributed by atoms with van der Waals surface area (Å²) in [5, 5.41) is 7.61. The first-order chi connectivity index (χ1) is 17.4. The Labute approximate surface area is 222 Å². The quantitative estimate of drug-likeness (QED) is 0.189. The summed E-state index contributed by atoms with van der Waals surface area (Å²) in [6.07, 6.45) is 0.574. The Kier molecular flexibility index (Phi) is 7.61. The van der Waals surface area contributed by atoms with Crippen LogP contribution in [0, 0.1) is 5.41 Å². The molecule has 1 heterocycles. The molecule has 4 aromatic carbocycles. The fourth-order valence-electron chi connectivity index (χ4n) is 4.12. The summed E-state index contributed by atoms with van der Waals surface area (Å²) < 4.78 is 30.4.